The van der Waals surface area contributed by atoms with E-state index >= 15 is 0 Å². The molecule has 3 fully saturated rings. The summed E-state index contributed by atoms with van der Waals surface area (Å²) in [6.07, 6.45) is 8.09. The molecule has 0 unspecified atom stereocenters. The number of rotatable bonds is 5. The third-order valence-corrected chi connectivity index (χ3v) is 6.31. The van der Waals surface area contributed by atoms with E-state index in [9.17, 15) is 5.11 Å². The maximum absolute atomic E-state index is 9.68. The molecule has 3 atom stereocenters. The van der Waals surface area contributed by atoms with Crippen LogP contribution in [0, 0.1) is 11.3 Å². The number of phenols is 1. The second kappa shape index (κ2) is 5.99. The highest BCUT2D eigenvalue weighted by atomic mass is 16.5. The topological polar surface area (TPSA) is 50.7 Å². The number of nitrogens with one attached hydrogen (secondary N) is 1. The molecule has 4 nitrogen and oxygen atoms in total. The van der Waals surface area contributed by atoms with E-state index in [1.807, 2.05) is 12.1 Å². The molecule has 1 saturated heterocycles. The molecule has 2 saturated carbocycles. The van der Waals surface area contributed by atoms with Crippen LogP contribution in [0.2, 0.25) is 0 Å². The van der Waals surface area contributed by atoms with Gasteiger partial charge in [0.1, 0.15) is 0 Å². The Labute approximate surface area is 138 Å². The van der Waals surface area contributed by atoms with Crippen LogP contribution < -0.4 is 10.1 Å². The lowest BCUT2D eigenvalue weighted by molar-refractivity contribution is -0.130. The van der Waals surface area contributed by atoms with Crippen molar-refractivity contribution in [2.24, 2.45) is 11.3 Å². The minimum Gasteiger partial charge on any atom is -0.504 e. The number of ether oxygens (including phenoxy) is 2. The van der Waals surface area contributed by atoms with E-state index in [-0.39, 0.29) is 5.75 Å². The van der Waals surface area contributed by atoms with Crippen molar-refractivity contribution in [2.75, 3.05) is 20.3 Å². The van der Waals surface area contributed by atoms with E-state index in [1.54, 1.807) is 13.2 Å². The van der Waals surface area contributed by atoms with Crippen LogP contribution >= 0.6 is 0 Å². The lowest BCUT2D eigenvalue weighted by Gasteiger charge is -2.57. The standard InChI is InChI=1S/C19H27NO3/c1-22-16-12-13(4-5-15(16)21)6-10-20-17-14-7-11-23-18(14)19(17)8-2-3-9-19/h4-5,12,14,17-18,20-21H,2-3,6-11H2,1H3/t14-,17-,18-/m1/s1. The zero-order valence-electron chi connectivity index (χ0n) is 13.9. The fraction of sp³-hybridized carbons (Fsp3) is 0.684. The molecule has 2 N–H and O–H groups in total. The van der Waals surface area contributed by atoms with E-state index in [1.165, 1.54) is 37.7 Å². The van der Waals surface area contributed by atoms with Crippen LogP contribution in [0.25, 0.3) is 0 Å². The molecule has 126 valence electrons. The average Bonchev–Trinajstić information content (AvgIpc) is 3.21. The normalized spacial score (nSPS) is 31.1. The molecule has 3 aliphatic rings. The monoisotopic (exact) mass is 317 g/mol. The van der Waals surface area contributed by atoms with Gasteiger partial charge >= 0.3 is 0 Å². The number of phenolic OH excluding ortho intramolecular Hbond substituents is 1. The van der Waals surface area contributed by atoms with Crippen LogP contribution in [0.15, 0.2) is 18.2 Å². The molecule has 4 heteroatoms. The first kappa shape index (κ1) is 15.3. The van der Waals surface area contributed by atoms with Gasteiger partial charge in [-0.25, -0.2) is 0 Å². The second-order valence-corrected chi connectivity index (χ2v) is 7.37. The minimum atomic E-state index is 0.207. The third kappa shape index (κ3) is 2.43. The summed E-state index contributed by atoms with van der Waals surface area (Å²) in [7, 11) is 1.59. The summed E-state index contributed by atoms with van der Waals surface area (Å²) >= 11 is 0. The van der Waals surface area contributed by atoms with Gasteiger partial charge in [-0.1, -0.05) is 18.9 Å². The molecule has 0 bridgehead atoms. The van der Waals surface area contributed by atoms with Crippen molar-refractivity contribution in [3.05, 3.63) is 23.8 Å². The quantitative estimate of drug-likeness (QED) is 0.877. The van der Waals surface area contributed by atoms with Gasteiger partial charge in [0, 0.05) is 24.0 Å². The van der Waals surface area contributed by atoms with Crippen molar-refractivity contribution < 1.29 is 14.6 Å². The van der Waals surface area contributed by atoms with Gasteiger partial charge in [0.05, 0.1) is 13.2 Å². The molecule has 0 amide bonds. The van der Waals surface area contributed by atoms with Gasteiger partial charge in [-0.3, -0.25) is 0 Å². The zero-order chi connectivity index (χ0) is 15.9. The Balaban J connectivity index is 1.37. The lowest BCUT2D eigenvalue weighted by atomic mass is 9.54. The molecule has 1 heterocycles. The fourth-order valence-electron chi connectivity index (χ4n) is 5.26. The second-order valence-electron chi connectivity index (χ2n) is 7.37. The Morgan fingerprint density at radius 1 is 1.35 bits per heavy atom. The molecule has 1 aliphatic heterocycles. The van der Waals surface area contributed by atoms with Crippen molar-refractivity contribution in [3.63, 3.8) is 0 Å². The molecule has 23 heavy (non-hydrogen) atoms. The molecule has 1 aromatic rings. The maximum Gasteiger partial charge on any atom is 0.160 e. The van der Waals surface area contributed by atoms with Crippen molar-refractivity contribution in [1.82, 2.24) is 5.32 Å². The van der Waals surface area contributed by atoms with Crippen LogP contribution in [0.1, 0.15) is 37.7 Å². The summed E-state index contributed by atoms with van der Waals surface area (Å²) in [5.74, 6) is 1.49. The van der Waals surface area contributed by atoms with E-state index in [0.717, 1.165) is 25.5 Å². The van der Waals surface area contributed by atoms with Gasteiger partial charge in [-0.15, -0.1) is 0 Å². The highest BCUT2D eigenvalue weighted by Crippen LogP contribution is 2.60. The average molecular weight is 317 g/mol. The smallest absolute Gasteiger partial charge is 0.160 e. The maximum atomic E-state index is 9.68. The number of methoxy groups -OCH3 is 1. The lowest BCUT2D eigenvalue weighted by Crippen LogP contribution is -2.67. The van der Waals surface area contributed by atoms with Crippen LogP contribution in [-0.2, 0) is 11.2 Å². The zero-order valence-corrected chi connectivity index (χ0v) is 13.9. The Kier molecular flexibility index (Phi) is 3.98. The van der Waals surface area contributed by atoms with Gasteiger partial charge in [0.25, 0.3) is 0 Å². The number of fused-ring (bicyclic) bond motifs is 2. The molecule has 0 radical (unpaired) electrons. The highest BCUT2D eigenvalue weighted by Gasteiger charge is 2.64. The molecule has 1 spiro atoms. The van der Waals surface area contributed by atoms with Gasteiger partial charge in [0.15, 0.2) is 11.5 Å². The first-order chi connectivity index (χ1) is 11.2. The van der Waals surface area contributed by atoms with Crippen molar-refractivity contribution in [3.8, 4) is 11.5 Å². The molecule has 0 aromatic heterocycles. The summed E-state index contributed by atoms with van der Waals surface area (Å²) in [4.78, 5) is 0. The van der Waals surface area contributed by atoms with Gasteiger partial charge < -0.3 is 19.9 Å². The van der Waals surface area contributed by atoms with Crippen molar-refractivity contribution in [1.29, 1.82) is 0 Å². The van der Waals surface area contributed by atoms with Crippen molar-refractivity contribution >= 4 is 0 Å². The van der Waals surface area contributed by atoms with E-state index in [4.69, 9.17) is 9.47 Å². The minimum absolute atomic E-state index is 0.207. The summed E-state index contributed by atoms with van der Waals surface area (Å²) in [6.45, 7) is 1.92. The van der Waals surface area contributed by atoms with Crippen molar-refractivity contribution in [2.45, 2.75) is 50.7 Å². The number of hydrogen-bond donors (Lipinski definition) is 2. The molecule has 1 aromatic carbocycles. The van der Waals surface area contributed by atoms with Crippen LogP contribution in [-0.4, -0.2) is 37.5 Å². The van der Waals surface area contributed by atoms with Gasteiger partial charge in [-0.05, 0) is 49.9 Å². The Morgan fingerprint density at radius 3 is 2.96 bits per heavy atom. The van der Waals surface area contributed by atoms with E-state index < -0.39 is 0 Å². The number of aromatic hydroxyl groups is 1. The summed E-state index contributed by atoms with van der Waals surface area (Å²) < 4.78 is 11.2. The first-order valence-electron chi connectivity index (χ1n) is 8.95. The van der Waals surface area contributed by atoms with Crippen LogP contribution in [0.5, 0.6) is 11.5 Å². The van der Waals surface area contributed by atoms with E-state index in [2.05, 4.69) is 5.32 Å². The van der Waals surface area contributed by atoms with Crippen LogP contribution in [0.4, 0.5) is 0 Å². The predicted molar refractivity (Wildman–Crippen MR) is 88.9 cm³/mol. The molecule has 4 rings (SSSR count). The summed E-state index contributed by atoms with van der Waals surface area (Å²) in [6, 6.07) is 6.27. The third-order valence-electron chi connectivity index (χ3n) is 6.31. The Hall–Kier alpha value is -1.26. The first-order valence-corrected chi connectivity index (χ1v) is 8.95. The molecular weight excluding hydrogens is 290 g/mol. The number of hydrogen-bond acceptors (Lipinski definition) is 4. The van der Waals surface area contributed by atoms with E-state index in [0.29, 0.717) is 23.3 Å². The summed E-state index contributed by atoms with van der Waals surface area (Å²) in [5.41, 5.74) is 1.62. The Morgan fingerprint density at radius 2 is 2.17 bits per heavy atom. The van der Waals surface area contributed by atoms with Gasteiger partial charge in [0.2, 0.25) is 0 Å². The number of benzene rings is 1. The SMILES string of the molecule is COc1cc(CCN[C@@H]2[C@H]3CCO[C@H]3C23CCCC3)ccc1O. The van der Waals surface area contributed by atoms with Gasteiger partial charge in [-0.2, -0.15) is 0 Å². The van der Waals surface area contributed by atoms with Crippen LogP contribution in [0.3, 0.4) is 0 Å². The highest BCUT2D eigenvalue weighted by molar-refractivity contribution is 5.41. The largest absolute Gasteiger partial charge is 0.504 e. The predicted octanol–water partition coefficient (Wildman–Crippen LogP) is 2.88. The fourth-order valence-corrected chi connectivity index (χ4v) is 5.26. The molecule has 2 aliphatic carbocycles. The summed E-state index contributed by atoms with van der Waals surface area (Å²) in [5, 5.41) is 13.5. The molecular formula is C19H27NO3. The Bertz CT molecular complexity index is 568.